The maximum atomic E-state index is 13.4. The van der Waals surface area contributed by atoms with E-state index in [1.165, 1.54) is 6.08 Å². The van der Waals surface area contributed by atoms with Gasteiger partial charge in [0, 0.05) is 29.4 Å². The highest BCUT2D eigenvalue weighted by molar-refractivity contribution is 7.93. The number of hydrogen-bond acceptors (Lipinski definition) is 6. The lowest BCUT2D eigenvalue weighted by molar-refractivity contribution is -0.115. The molecule has 1 amide bonds. The molecule has 4 rings (SSSR count). The molecule has 2 heterocycles. The number of imidazole rings is 1. The van der Waals surface area contributed by atoms with Crippen LogP contribution in [0.5, 0.6) is 5.75 Å². The summed E-state index contributed by atoms with van der Waals surface area (Å²) in [5.41, 5.74) is 3.15. The zero-order chi connectivity index (χ0) is 30.7. The SMILES string of the molecule is CCCCCOc1ccc(Cn2c(C=C(Cc3cccnc3)C(=O)NS(=O)(=O)C=Cc3ccccc3)cnc2C)c(Cl)c1. The standard InChI is InChI=1S/C33H35ClN4O4S/c1-3-4-8-17-42-31-14-13-28(32(34)21-31)24-38-25(2)36-23-30(38)20-29(19-27-12-9-16-35-22-27)33(39)37-43(40,41)18-15-26-10-6-5-7-11-26/h5-7,9-16,18,20-23H,3-4,8,17,19,24H2,1-2H3,(H,37,39). The molecule has 0 fully saturated rings. The number of rotatable bonds is 14. The molecule has 0 atom stereocenters. The van der Waals surface area contributed by atoms with Gasteiger partial charge in [0.1, 0.15) is 11.6 Å². The molecule has 8 nitrogen and oxygen atoms in total. The van der Waals surface area contributed by atoms with Crippen LogP contribution in [0.1, 0.15) is 54.4 Å². The molecule has 0 radical (unpaired) electrons. The van der Waals surface area contributed by atoms with Crippen molar-refractivity contribution >= 4 is 39.7 Å². The van der Waals surface area contributed by atoms with Crippen molar-refractivity contribution in [2.75, 3.05) is 6.61 Å². The predicted octanol–water partition coefficient (Wildman–Crippen LogP) is 6.60. The van der Waals surface area contributed by atoms with Gasteiger partial charge in [-0.05, 0) is 60.4 Å². The first kappa shape index (κ1) is 31.7. The van der Waals surface area contributed by atoms with Crippen LogP contribution in [0.2, 0.25) is 5.02 Å². The molecule has 0 unspecified atom stereocenters. The average Bonchev–Trinajstić information content (AvgIpc) is 3.34. The van der Waals surface area contributed by atoms with E-state index in [2.05, 4.69) is 21.6 Å². The number of sulfonamides is 1. The summed E-state index contributed by atoms with van der Waals surface area (Å²) >= 11 is 6.63. The van der Waals surface area contributed by atoms with Crippen LogP contribution >= 0.6 is 11.6 Å². The number of unbranched alkanes of at least 4 members (excludes halogenated alkanes) is 2. The van der Waals surface area contributed by atoms with Gasteiger partial charge in [0.15, 0.2) is 0 Å². The average molecular weight is 619 g/mol. The highest BCUT2D eigenvalue weighted by Crippen LogP contribution is 2.25. The largest absolute Gasteiger partial charge is 0.494 e. The maximum Gasteiger partial charge on any atom is 0.261 e. The van der Waals surface area contributed by atoms with Crippen LogP contribution in [0.15, 0.2) is 90.2 Å². The van der Waals surface area contributed by atoms with Crippen LogP contribution in [-0.4, -0.2) is 35.5 Å². The lowest BCUT2D eigenvalue weighted by Crippen LogP contribution is -2.30. The van der Waals surface area contributed by atoms with Gasteiger partial charge in [-0.25, -0.2) is 18.1 Å². The topological polar surface area (TPSA) is 103 Å². The number of benzene rings is 2. The van der Waals surface area contributed by atoms with E-state index in [1.807, 2.05) is 35.8 Å². The third-order valence-corrected chi connectivity index (χ3v) is 7.98. The summed E-state index contributed by atoms with van der Waals surface area (Å²) in [6.07, 6.45) is 11.4. The van der Waals surface area contributed by atoms with Gasteiger partial charge in [0.2, 0.25) is 0 Å². The molecule has 224 valence electrons. The van der Waals surface area contributed by atoms with Crippen molar-refractivity contribution in [3.05, 3.63) is 123 Å². The van der Waals surface area contributed by atoms with Crippen LogP contribution in [0.25, 0.3) is 12.2 Å². The number of nitrogens with zero attached hydrogens (tertiary/aromatic N) is 3. The van der Waals surface area contributed by atoms with Crippen LogP contribution in [-0.2, 0) is 27.8 Å². The number of pyridine rings is 1. The minimum Gasteiger partial charge on any atom is -0.494 e. The molecule has 1 N–H and O–H groups in total. The van der Waals surface area contributed by atoms with Gasteiger partial charge in [-0.15, -0.1) is 0 Å². The van der Waals surface area contributed by atoms with E-state index in [4.69, 9.17) is 16.3 Å². The first-order chi connectivity index (χ1) is 20.7. The maximum absolute atomic E-state index is 13.4. The zero-order valence-electron chi connectivity index (χ0n) is 24.2. The van der Waals surface area contributed by atoms with Gasteiger partial charge < -0.3 is 9.30 Å². The van der Waals surface area contributed by atoms with Gasteiger partial charge in [-0.3, -0.25) is 9.78 Å². The smallest absolute Gasteiger partial charge is 0.261 e. The monoisotopic (exact) mass is 618 g/mol. The number of aromatic nitrogens is 3. The van der Waals surface area contributed by atoms with E-state index in [9.17, 15) is 13.2 Å². The summed E-state index contributed by atoms with van der Waals surface area (Å²) in [6, 6.07) is 18.2. The van der Waals surface area contributed by atoms with Crippen LogP contribution < -0.4 is 9.46 Å². The minimum atomic E-state index is -4.07. The molecule has 0 saturated heterocycles. The number of aryl methyl sites for hydroxylation is 1. The number of carbonyl (C=O) groups is 1. The van der Waals surface area contributed by atoms with E-state index >= 15 is 0 Å². The number of amides is 1. The molecule has 10 heteroatoms. The van der Waals surface area contributed by atoms with E-state index in [-0.39, 0.29) is 12.0 Å². The highest BCUT2D eigenvalue weighted by Gasteiger charge is 2.18. The molecule has 43 heavy (non-hydrogen) atoms. The Kier molecular flexibility index (Phi) is 11.3. The van der Waals surface area contributed by atoms with Crippen LogP contribution in [0.4, 0.5) is 0 Å². The quantitative estimate of drug-likeness (QED) is 0.126. The molecule has 0 aliphatic carbocycles. The molecule has 2 aromatic heterocycles. The Bertz CT molecular complexity index is 1680. The summed E-state index contributed by atoms with van der Waals surface area (Å²) in [4.78, 5) is 22.0. The number of hydrogen-bond donors (Lipinski definition) is 1. The Labute approximate surface area is 258 Å². The minimum absolute atomic E-state index is 0.159. The third kappa shape index (κ3) is 9.66. The van der Waals surface area contributed by atoms with Gasteiger partial charge >= 0.3 is 0 Å². The fourth-order valence-electron chi connectivity index (χ4n) is 4.32. The van der Waals surface area contributed by atoms with Crippen molar-refractivity contribution < 1.29 is 17.9 Å². The highest BCUT2D eigenvalue weighted by atomic mass is 35.5. The second-order valence-electron chi connectivity index (χ2n) is 10.0. The van der Waals surface area contributed by atoms with Gasteiger partial charge in [-0.1, -0.05) is 73.8 Å². The van der Waals surface area contributed by atoms with E-state index in [1.54, 1.807) is 61.1 Å². The second-order valence-corrected chi connectivity index (χ2v) is 12.0. The number of nitrogens with one attached hydrogen (secondary N) is 1. The lowest BCUT2D eigenvalue weighted by Gasteiger charge is -2.13. The van der Waals surface area contributed by atoms with Crippen LogP contribution in [0, 0.1) is 6.92 Å². The molecule has 4 aromatic rings. The molecule has 0 saturated carbocycles. The van der Waals surface area contributed by atoms with E-state index in [0.29, 0.717) is 41.0 Å². The zero-order valence-corrected chi connectivity index (χ0v) is 25.8. The molecular formula is C33H35ClN4O4S. The first-order valence-corrected chi connectivity index (χ1v) is 16.0. The van der Waals surface area contributed by atoms with Gasteiger partial charge in [-0.2, -0.15) is 0 Å². The van der Waals surface area contributed by atoms with E-state index in [0.717, 1.165) is 35.8 Å². The van der Waals surface area contributed by atoms with Crippen molar-refractivity contribution in [3.8, 4) is 5.75 Å². The molecule has 0 spiro atoms. The molecule has 0 bridgehead atoms. The van der Waals surface area contributed by atoms with Crippen molar-refractivity contribution in [2.24, 2.45) is 0 Å². The predicted molar refractivity (Wildman–Crippen MR) is 171 cm³/mol. The van der Waals surface area contributed by atoms with Crippen molar-refractivity contribution in [3.63, 3.8) is 0 Å². The van der Waals surface area contributed by atoms with Gasteiger partial charge in [0.05, 0.1) is 30.5 Å². The second kappa shape index (κ2) is 15.3. The molecule has 0 aliphatic rings. The molecule has 2 aromatic carbocycles. The third-order valence-electron chi connectivity index (χ3n) is 6.66. The van der Waals surface area contributed by atoms with Crippen molar-refractivity contribution in [1.29, 1.82) is 0 Å². The Morgan fingerprint density at radius 1 is 1.07 bits per heavy atom. The van der Waals surface area contributed by atoms with Gasteiger partial charge in [0.25, 0.3) is 15.9 Å². The van der Waals surface area contributed by atoms with Crippen LogP contribution in [0.3, 0.4) is 0 Å². The van der Waals surface area contributed by atoms with Crippen molar-refractivity contribution in [2.45, 2.75) is 46.1 Å². The number of ether oxygens (including phenoxy) is 1. The fraction of sp³-hybridized carbons (Fsp3) is 0.242. The van der Waals surface area contributed by atoms with Crippen molar-refractivity contribution in [1.82, 2.24) is 19.3 Å². The Hall–Kier alpha value is -4.21. The summed E-state index contributed by atoms with van der Waals surface area (Å²) in [6.45, 7) is 5.04. The van der Waals surface area contributed by atoms with E-state index < -0.39 is 15.9 Å². The number of carbonyl (C=O) groups excluding carboxylic acids is 1. The Balaban J connectivity index is 1.58. The Morgan fingerprint density at radius 2 is 1.88 bits per heavy atom. The fourth-order valence-corrected chi connectivity index (χ4v) is 5.35. The summed E-state index contributed by atoms with van der Waals surface area (Å²) < 4.78 is 35.5. The summed E-state index contributed by atoms with van der Waals surface area (Å²) in [5, 5.41) is 1.54. The molecular weight excluding hydrogens is 584 g/mol. The lowest BCUT2D eigenvalue weighted by atomic mass is 10.1. The molecule has 0 aliphatic heterocycles. The summed E-state index contributed by atoms with van der Waals surface area (Å²) in [5.74, 6) is 0.682. The normalized spacial score (nSPS) is 12.0. The Morgan fingerprint density at radius 3 is 2.60 bits per heavy atom. The first-order valence-electron chi connectivity index (χ1n) is 14.1. The summed E-state index contributed by atoms with van der Waals surface area (Å²) in [7, 11) is -4.07. The number of halogens is 1.